The lowest BCUT2D eigenvalue weighted by atomic mass is 9.81. The maximum Gasteiger partial charge on any atom is 0.274 e. The summed E-state index contributed by atoms with van der Waals surface area (Å²) >= 11 is 0. The van der Waals surface area contributed by atoms with Gasteiger partial charge in [-0.15, -0.1) is 0 Å². The van der Waals surface area contributed by atoms with E-state index in [0.29, 0.717) is 0 Å². The second-order valence-electron chi connectivity index (χ2n) is 8.83. The van der Waals surface area contributed by atoms with Crippen LogP contribution < -0.4 is 0 Å². The highest BCUT2D eigenvalue weighted by Crippen LogP contribution is 2.37. The van der Waals surface area contributed by atoms with Crippen LogP contribution in [-0.4, -0.2) is 17.7 Å². The van der Waals surface area contributed by atoms with Crippen molar-refractivity contribution >= 4 is 10.1 Å². The Morgan fingerprint density at radius 3 is 1.71 bits per heavy atom. The molecule has 0 aromatic carbocycles. The minimum atomic E-state index is -4.09. The van der Waals surface area contributed by atoms with Crippen LogP contribution in [0.1, 0.15) is 117 Å². The van der Waals surface area contributed by atoms with Crippen molar-refractivity contribution in [3.05, 3.63) is 23.8 Å². The molecule has 0 aromatic heterocycles. The average molecular weight is 413 g/mol. The van der Waals surface area contributed by atoms with Crippen LogP contribution in [0.25, 0.3) is 0 Å². The van der Waals surface area contributed by atoms with E-state index in [1.54, 1.807) is 19.1 Å². The van der Waals surface area contributed by atoms with Crippen LogP contribution in [0.2, 0.25) is 0 Å². The van der Waals surface area contributed by atoms with Crippen molar-refractivity contribution in [3.8, 4) is 0 Å². The van der Waals surface area contributed by atoms with Gasteiger partial charge in [0.15, 0.2) is 0 Å². The van der Waals surface area contributed by atoms with Crippen LogP contribution in [0.15, 0.2) is 23.8 Å². The van der Waals surface area contributed by atoms with Crippen molar-refractivity contribution in [1.82, 2.24) is 0 Å². The van der Waals surface area contributed by atoms with Crippen LogP contribution >= 0.6 is 0 Å². The first kappa shape index (κ1) is 25.4. The third-order valence-corrected chi connectivity index (χ3v) is 8.13. The van der Waals surface area contributed by atoms with Crippen molar-refractivity contribution in [1.29, 1.82) is 0 Å². The van der Waals surface area contributed by atoms with E-state index in [1.807, 2.05) is 13.0 Å². The molecule has 1 aliphatic carbocycles. The van der Waals surface area contributed by atoms with Crippen molar-refractivity contribution in [2.45, 2.75) is 122 Å². The van der Waals surface area contributed by atoms with Gasteiger partial charge >= 0.3 is 0 Å². The van der Waals surface area contributed by atoms with Gasteiger partial charge in [-0.1, -0.05) is 121 Å². The highest BCUT2D eigenvalue weighted by Gasteiger charge is 2.43. The quantitative estimate of drug-likeness (QED) is 0.209. The van der Waals surface area contributed by atoms with E-state index >= 15 is 0 Å². The van der Waals surface area contributed by atoms with Gasteiger partial charge in [0.1, 0.15) is 4.75 Å². The highest BCUT2D eigenvalue weighted by atomic mass is 32.2. The van der Waals surface area contributed by atoms with Crippen LogP contribution in [-0.2, 0) is 10.1 Å². The Balaban J connectivity index is 2.03. The molecule has 0 saturated carbocycles. The fraction of sp³-hybridized carbons (Fsp3) is 0.833. The average Bonchev–Trinajstić information content (AvgIpc) is 2.64. The predicted molar refractivity (Wildman–Crippen MR) is 121 cm³/mol. The van der Waals surface area contributed by atoms with Gasteiger partial charge < -0.3 is 0 Å². The number of allylic oxidation sites excluding steroid dienone is 3. The maximum atomic E-state index is 11.7. The number of hydrogen-bond donors (Lipinski definition) is 1. The molecule has 0 saturated heterocycles. The molecule has 1 aliphatic rings. The first-order valence-electron chi connectivity index (χ1n) is 11.7. The van der Waals surface area contributed by atoms with E-state index in [9.17, 15) is 13.0 Å². The van der Waals surface area contributed by atoms with Gasteiger partial charge in [0.2, 0.25) is 0 Å². The predicted octanol–water partition coefficient (Wildman–Crippen LogP) is 7.64. The van der Waals surface area contributed by atoms with Gasteiger partial charge in [-0.2, -0.15) is 8.42 Å². The third kappa shape index (κ3) is 8.82. The van der Waals surface area contributed by atoms with Crippen LogP contribution in [0.3, 0.4) is 0 Å². The molecular weight excluding hydrogens is 368 g/mol. The molecule has 0 fully saturated rings. The molecule has 1 N–H and O–H groups in total. The lowest BCUT2D eigenvalue weighted by Gasteiger charge is -2.33. The second-order valence-corrected chi connectivity index (χ2v) is 10.7. The normalized spacial score (nSPS) is 22.4. The molecule has 0 radical (unpaired) electrons. The van der Waals surface area contributed by atoms with Gasteiger partial charge in [0.05, 0.1) is 0 Å². The van der Waals surface area contributed by atoms with E-state index < -0.39 is 14.9 Å². The first-order chi connectivity index (χ1) is 13.3. The molecule has 28 heavy (non-hydrogen) atoms. The molecule has 0 aromatic rings. The standard InChI is InChI=1S/C24H44O3S/c1-4-5-6-7-8-9-10-11-12-13-14-15-16-17-19-23-20-18-21-24(3,22(23)2)28(25,26)27/h18,20-22H,4-17,19H2,1-3H3,(H,25,26,27). The van der Waals surface area contributed by atoms with E-state index in [1.165, 1.54) is 83.5 Å². The molecular formula is C24H44O3S. The molecule has 0 bridgehead atoms. The maximum absolute atomic E-state index is 11.7. The largest absolute Gasteiger partial charge is 0.285 e. The topological polar surface area (TPSA) is 54.4 Å². The van der Waals surface area contributed by atoms with E-state index in [0.717, 1.165) is 18.4 Å². The molecule has 0 spiro atoms. The van der Waals surface area contributed by atoms with E-state index in [-0.39, 0.29) is 5.92 Å². The summed E-state index contributed by atoms with van der Waals surface area (Å²) in [6.45, 7) is 5.79. The van der Waals surface area contributed by atoms with Crippen molar-refractivity contribution in [3.63, 3.8) is 0 Å². The Bertz CT molecular complexity index is 577. The lowest BCUT2D eigenvalue weighted by Crippen LogP contribution is -2.41. The Kier molecular flexibility index (Phi) is 12.3. The third-order valence-electron chi connectivity index (χ3n) is 6.53. The summed E-state index contributed by atoms with van der Waals surface area (Å²) in [7, 11) is -4.09. The Labute approximate surface area is 174 Å². The summed E-state index contributed by atoms with van der Waals surface area (Å²) in [5, 5.41) is 0. The van der Waals surface area contributed by atoms with E-state index in [4.69, 9.17) is 0 Å². The number of rotatable bonds is 16. The lowest BCUT2D eigenvalue weighted by molar-refractivity contribution is 0.414. The molecule has 4 heteroatoms. The van der Waals surface area contributed by atoms with Crippen LogP contribution in [0.4, 0.5) is 0 Å². The minimum absolute atomic E-state index is 0.172. The molecule has 164 valence electrons. The summed E-state index contributed by atoms with van der Waals surface area (Å²) in [4.78, 5) is 0. The van der Waals surface area contributed by atoms with Gasteiger partial charge in [0, 0.05) is 5.92 Å². The zero-order chi connectivity index (χ0) is 20.9. The summed E-state index contributed by atoms with van der Waals surface area (Å²) in [5.41, 5.74) is 1.14. The molecule has 3 nitrogen and oxygen atoms in total. The summed E-state index contributed by atoms with van der Waals surface area (Å²) in [6.07, 6.45) is 25.1. The molecule has 0 heterocycles. The molecule has 2 unspecified atom stereocenters. The van der Waals surface area contributed by atoms with Crippen LogP contribution in [0.5, 0.6) is 0 Å². The molecule has 0 amide bonds. The zero-order valence-corrected chi connectivity index (χ0v) is 19.4. The molecule has 0 aliphatic heterocycles. The SMILES string of the molecule is CCCCCCCCCCCCCCCCC1=CC=CC(C)(S(=O)(=O)O)C1C. The van der Waals surface area contributed by atoms with Crippen LogP contribution in [0, 0.1) is 5.92 Å². The number of unbranched alkanes of at least 4 members (excludes halogenated alkanes) is 13. The fourth-order valence-corrected chi connectivity index (χ4v) is 5.00. The Hall–Kier alpha value is -0.610. The van der Waals surface area contributed by atoms with Gasteiger partial charge in [-0.3, -0.25) is 4.55 Å². The zero-order valence-electron chi connectivity index (χ0n) is 18.6. The smallest absolute Gasteiger partial charge is 0.274 e. The summed E-state index contributed by atoms with van der Waals surface area (Å²) in [6, 6.07) is 0. The summed E-state index contributed by atoms with van der Waals surface area (Å²) in [5.74, 6) is -0.172. The monoisotopic (exact) mass is 412 g/mol. The van der Waals surface area contributed by atoms with Crippen molar-refractivity contribution < 1.29 is 13.0 Å². The molecule has 2 atom stereocenters. The fourth-order valence-electron chi connectivity index (χ4n) is 4.15. The van der Waals surface area contributed by atoms with E-state index in [2.05, 4.69) is 6.92 Å². The first-order valence-corrected chi connectivity index (χ1v) is 13.1. The highest BCUT2D eigenvalue weighted by molar-refractivity contribution is 7.87. The van der Waals surface area contributed by atoms with Crippen molar-refractivity contribution in [2.24, 2.45) is 5.92 Å². The van der Waals surface area contributed by atoms with Gasteiger partial charge in [0.25, 0.3) is 10.1 Å². The molecule has 1 rings (SSSR count). The van der Waals surface area contributed by atoms with Crippen molar-refractivity contribution in [2.75, 3.05) is 0 Å². The van der Waals surface area contributed by atoms with Gasteiger partial charge in [-0.25, -0.2) is 0 Å². The number of hydrogen-bond acceptors (Lipinski definition) is 2. The minimum Gasteiger partial charge on any atom is -0.285 e. The Morgan fingerprint density at radius 1 is 0.857 bits per heavy atom. The Morgan fingerprint density at radius 2 is 1.29 bits per heavy atom. The van der Waals surface area contributed by atoms with Gasteiger partial charge in [-0.05, 0) is 19.8 Å². The summed E-state index contributed by atoms with van der Waals surface area (Å²) < 4.78 is 31.9. The second kappa shape index (κ2) is 13.6.